The van der Waals surface area contributed by atoms with Gasteiger partial charge < -0.3 is 5.32 Å². The molecule has 0 unspecified atom stereocenters. The molecule has 116 valence electrons. The molecule has 21 heavy (non-hydrogen) atoms. The zero-order chi connectivity index (χ0) is 15.3. The maximum atomic E-state index is 11.8. The van der Waals surface area contributed by atoms with Crippen LogP contribution in [-0.4, -0.2) is 38.1 Å². The fourth-order valence-electron chi connectivity index (χ4n) is 2.27. The van der Waals surface area contributed by atoms with Crippen LogP contribution in [0.5, 0.6) is 0 Å². The van der Waals surface area contributed by atoms with Crippen LogP contribution in [0.1, 0.15) is 17.5 Å². The Kier molecular flexibility index (Phi) is 5.70. The highest BCUT2D eigenvalue weighted by atomic mass is 32.2. The van der Waals surface area contributed by atoms with E-state index in [9.17, 15) is 13.2 Å². The van der Waals surface area contributed by atoms with Crippen molar-refractivity contribution in [2.24, 2.45) is 5.92 Å². The van der Waals surface area contributed by atoms with E-state index in [1.165, 1.54) is 11.1 Å². The minimum absolute atomic E-state index is 0.00927. The lowest BCUT2D eigenvalue weighted by molar-refractivity contribution is -0.124. The lowest BCUT2D eigenvalue weighted by Gasteiger charge is -2.09. The van der Waals surface area contributed by atoms with Crippen molar-refractivity contribution in [3.05, 3.63) is 35.4 Å². The van der Waals surface area contributed by atoms with Gasteiger partial charge in [0.05, 0.1) is 17.4 Å². The Hall–Kier alpha value is -1.01. The van der Waals surface area contributed by atoms with E-state index >= 15 is 0 Å². The summed E-state index contributed by atoms with van der Waals surface area (Å²) >= 11 is 1.76. The van der Waals surface area contributed by atoms with Gasteiger partial charge in [-0.3, -0.25) is 4.79 Å². The summed E-state index contributed by atoms with van der Waals surface area (Å²) < 4.78 is 22.6. The van der Waals surface area contributed by atoms with Gasteiger partial charge in [-0.1, -0.05) is 29.8 Å². The summed E-state index contributed by atoms with van der Waals surface area (Å²) in [6, 6.07) is 8.42. The Morgan fingerprint density at radius 2 is 2.05 bits per heavy atom. The lowest BCUT2D eigenvalue weighted by atomic mass is 10.1. The molecule has 1 aliphatic heterocycles. The predicted octanol–water partition coefficient (Wildman–Crippen LogP) is 1.78. The molecule has 0 spiro atoms. The summed E-state index contributed by atoms with van der Waals surface area (Å²) in [5.41, 5.74) is 2.53. The van der Waals surface area contributed by atoms with Gasteiger partial charge in [0.15, 0.2) is 9.84 Å². The third-order valence-corrected chi connectivity index (χ3v) is 6.34. The number of hydrogen-bond acceptors (Lipinski definition) is 4. The molecule has 1 saturated heterocycles. The molecule has 6 heteroatoms. The molecule has 1 atom stereocenters. The lowest BCUT2D eigenvalue weighted by Crippen LogP contribution is -2.32. The van der Waals surface area contributed by atoms with Crippen LogP contribution in [0.4, 0.5) is 0 Å². The average molecular weight is 327 g/mol. The van der Waals surface area contributed by atoms with E-state index in [0.29, 0.717) is 13.0 Å². The minimum atomic E-state index is -2.98. The third-order valence-electron chi connectivity index (χ3n) is 3.54. The number of carbonyl (C=O) groups excluding carboxylic acids is 1. The molecule has 1 amide bonds. The second-order valence-corrected chi connectivity index (χ2v) is 8.76. The zero-order valence-corrected chi connectivity index (χ0v) is 13.8. The van der Waals surface area contributed by atoms with Crippen LogP contribution in [0.25, 0.3) is 0 Å². The topological polar surface area (TPSA) is 63.2 Å². The van der Waals surface area contributed by atoms with Crippen LogP contribution < -0.4 is 5.32 Å². The van der Waals surface area contributed by atoms with Gasteiger partial charge in [0.25, 0.3) is 0 Å². The highest BCUT2D eigenvalue weighted by molar-refractivity contribution is 7.98. The van der Waals surface area contributed by atoms with Gasteiger partial charge in [-0.2, -0.15) is 11.8 Å². The van der Waals surface area contributed by atoms with Crippen molar-refractivity contribution in [1.82, 2.24) is 5.32 Å². The molecule has 0 bridgehead atoms. The summed E-state index contributed by atoms with van der Waals surface area (Å²) in [7, 11) is -2.98. The predicted molar refractivity (Wildman–Crippen MR) is 87.1 cm³/mol. The van der Waals surface area contributed by atoms with E-state index in [4.69, 9.17) is 0 Å². The Morgan fingerprint density at radius 3 is 2.67 bits per heavy atom. The summed E-state index contributed by atoms with van der Waals surface area (Å²) in [6.45, 7) is 2.65. The molecule has 1 heterocycles. The molecule has 1 N–H and O–H groups in total. The van der Waals surface area contributed by atoms with Crippen LogP contribution in [0.3, 0.4) is 0 Å². The number of hydrogen-bond donors (Lipinski definition) is 1. The van der Waals surface area contributed by atoms with Crippen molar-refractivity contribution >= 4 is 27.5 Å². The van der Waals surface area contributed by atoms with Crippen LogP contribution >= 0.6 is 11.8 Å². The van der Waals surface area contributed by atoms with Gasteiger partial charge in [0, 0.05) is 18.1 Å². The number of rotatable bonds is 6. The summed E-state index contributed by atoms with van der Waals surface area (Å²) in [4.78, 5) is 11.8. The maximum Gasteiger partial charge on any atom is 0.224 e. The average Bonchev–Trinajstić information content (AvgIpc) is 2.81. The highest BCUT2D eigenvalue weighted by Crippen LogP contribution is 2.18. The number of sulfone groups is 1. The van der Waals surface area contributed by atoms with E-state index in [0.717, 1.165) is 11.5 Å². The minimum Gasteiger partial charge on any atom is -0.355 e. The van der Waals surface area contributed by atoms with Gasteiger partial charge in [0.1, 0.15) is 0 Å². The first kappa shape index (κ1) is 16.4. The van der Waals surface area contributed by atoms with Crippen molar-refractivity contribution in [1.29, 1.82) is 0 Å². The fourth-order valence-corrected chi connectivity index (χ4v) is 4.83. The number of nitrogens with one attached hydrogen (secondary N) is 1. The number of benzene rings is 1. The van der Waals surface area contributed by atoms with Gasteiger partial charge in [-0.05, 0) is 18.9 Å². The van der Waals surface area contributed by atoms with E-state index in [1.54, 1.807) is 11.8 Å². The Labute approximate surface area is 130 Å². The molecule has 1 aliphatic rings. The summed E-state index contributed by atoms with van der Waals surface area (Å²) in [5.74, 6) is 1.44. The molecule has 0 saturated carbocycles. The third kappa shape index (κ3) is 5.36. The van der Waals surface area contributed by atoms with Crippen molar-refractivity contribution in [3.8, 4) is 0 Å². The molecule has 1 aromatic carbocycles. The van der Waals surface area contributed by atoms with Gasteiger partial charge in [0.2, 0.25) is 5.91 Å². The normalized spacial score (nSPS) is 20.3. The summed E-state index contributed by atoms with van der Waals surface area (Å²) in [6.07, 6.45) is 0.463. The van der Waals surface area contributed by atoms with Crippen LogP contribution in [0.2, 0.25) is 0 Å². The highest BCUT2D eigenvalue weighted by Gasteiger charge is 2.32. The Morgan fingerprint density at radius 1 is 1.33 bits per heavy atom. The quantitative estimate of drug-likeness (QED) is 0.809. The molecular formula is C15H21NO3S2. The molecule has 0 radical (unpaired) electrons. The monoisotopic (exact) mass is 327 g/mol. The molecule has 0 aliphatic carbocycles. The van der Waals surface area contributed by atoms with Gasteiger partial charge in [-0.25, -0.2) is 8.42 Å². The molecule has 2 rings (SSSR count). The molecular weight excluding hydrogens is 306 g/mol. The van der Waals surface area contributed by atoms with Crippen molar-refractivity contribution < 1.29 is 13.2 Å². The van der Waals surface area contributed by atoms with E-state index < -0.39 is 9.84 Å². The van der Waals surface area contributed by atoms with Crippen molar-refractivity contribution in [2.45, 2.75) is 19.1 Å². The SMILES string of the molecule is Cc1ccc(CSCCNC(=O)[C@H]2CCS(=O)(=O)C2)cc1. The molecule has 4 nitrogen and oxygen atoms in total. The largest absolute Gasteiger partial charge is 0.355 e. The molecule has 0 aromatic heterocycles. The smallest absolute Gasteiger partial charge is 0.224 e. The number of amides is 1. The van der Waals surface area contributed by atoms with E-state index in [2.05, 4.69) is 36.5 Å². The number of aryl methyl sites for hydroxylation is 1. The zero-order valence-electron chi connectivity index (χ0n) is 12.2. The first-order valence-electron chi connectivity index (χ1n) is 7.08. The molecule has 1 fully saturated rings. The molecule has 1 aromatic rings. The Balaban J connectivity index is 1.61. The maximum absolute atomic E-state index is 11.8. The first-order chi connectivity index (χ1) is 9.96. The van der Waals surface area contributed by atoms with E-state index in [1.807, 2.05) is 0 Å². The van der Waals surface area contributed by atoms with Crippen molar-refractivity contribution in [2.75, 3.05) is 23.8 Å². The van der Waals surface area contributed by atoms with Crippen LogP contribution in [0.15, 0.2) is 24.3 Å². The van der Waals surface area contributed by atoms with Crippen LogP contribution in [-0.2, 0) is 20.4 Å². The van der Waals surface area contributed by atoms with Crippen LogP contribution in [0, 0.1) is 12.8 Å². The van der Waals surface area contributed by atoms with Gasteiger partial charge in [-0.15, -0.1) is 0 Å². The number of thioether (sulfide) groups is 1. The van der Waals surface area contributed by atoms with Crippen molar-refractivity contribution in [3.63, 3.8) is 0 Å². The number of carbonyl (C=O) groups is 1. The standard InChI is InChI=1S/C15H21NO3S2/c1-12-2-4-13(5-3-12)10-20-8-7-16-15(17)14-6-9-21(18,19)11-14/h2-5,14H,6-11H2,1H3,(H,16,17)/t14-/m0/s1. The second-order valence-electron chi connectivity index (χ2n) is 5.43. The van der Waals surface area contributed by atoms with E-state index in [-0.39, 0.29) is 23.3 Å². The first-order valence-corrected chi connectivity index (χ1v) is 10.1. The van der Waals surface area contributed by atoms with Gasteiger partial charge >= 0.3 is 0 Å². The second kappa shape index (κ2) is 7.31. The fraction of sp³-hybridized carbons (Fsp3) is 0.533. The summed E-state index contributed by atoms with van der Waals surface area (Å²) in [5, 5.41) is 2.83. The Bertz CT molecular complexity index is 581.